The number of methoxy groups -OCH3 is 1. The molecule has 1 heterocycles. The van der Waals surface area contributed by atoms with Gasteiger partial charge in [0.05, 0.1) is 18.8 Å². The van der Waals surface area contributed by atoms with Crippen molar-refractivity contribution in [2.24, 2.45) is 4.99 Å². The van der Waals surface area contributed by atoms with E-state index in [0.717, 1.165) is 40.6 Å². The lowest BCUT2D eigenvalue weighted by Crippen LogP contribution is -2.36. The summed E-state index contributed by atoms with van der Waals surface area (Å²) in [4.78, 5) is 8.69. The zero-order valence-electron chi connectivity index (χ0n) is 18.3. The highest BCUT2D eigenvalue weighted by Crippen LogP contribution is 2.20. The van der Waals surface area contributed by atoms with Crippen LogP contribution in [0.4, 0.5) is 0 Å². The summed E-state index contributed by atoms with van der Waals surface area (Å²) in [7, 11) is 1.67. The van der Waals surface area contributed by atoms with E-state index in [0.29, 0.717) is 26.3 Å². The van der Waals surface area contributed by atoms with Crippen molar-refractivity contribution in [2.75, 3.05) is 26.9 Å². The zero-order valence-corrected chi connectivity index (χ0v) is 18.3. The molecule has 0 bridgehead atoms. The summed E-state index contributed by atoms with van der Waals surface area (Å²) in [5.74, 6) is 1.62. The lowest BCUT2D eigenvalue weighted by molar-refractivity contribution is 0.145. The molecule has 0 amide bonds. The summed E-state index contributed by atoms with van der Waals surface area (Å²) in [6, 6.07) is 14.3. The maximum absolute atomic E-state index is 5.88. The molecule has 3 aromatic rings. The van der Waals surface area contributed by atoms with Gasteiger partial charge in [-0.3, -0.25) is 0 Å². The van der Waals surface area contributed by atoms with Crippen molar-refractivity contribution in [1.82, 2.24) is 25.4 Å². The molecule has 0 saturated heterocycles. The van der Waals surface area contributed by atoms with Gasteiger partial charge >= 0.3 is 0 Å². The number of hydrogen-bond acceptors (Lipinski definition) is 5. The van der Waals surface area contributed by atoms with Crippen LogP contribution in [0.15, 0.2) is 60.1 Å². The number of benzene rings is 2. The first-order valence-corrected chi connectivity index (χ1v) is 10.4. The van der Waals surface area contributed by atoms with Gasteiger partial charge in [-0.15, -0.1) is 0 Å². The molecule has 31 heavy (non-hydrogen) atoms. The number of nitrogens with zero attached hydrogens (tertiary/aromatic N) is 4. The van der Waals surface area contributed by atoms with Gasteiger partial charge < -0.3 is 20.1 Å². The predicted octanol–water partition coefficient (Wildman–Crippen LogP) is 2.86. The molecule has 0 spiro atoms. The molecule has 1 aromatic heterocycles. The van der Waals surface area contributed by atoms with Crippen molar-refractivity contribution < 1.29 is 9.47 Å². The van der Waals surface area contributed by atoms with Crippen molar-refractivity contribution in [2.45, 2.75) is 26.9 Å². The fourth-order valence-corrected chi connectivity index (χ4v) is 2.96. The van der Waals surface area contributed by atoms with Gasteiger partial charge in [-0.05, 0) is 43.2 Å². The van der Waals surface area contributed by atoms with Crippen LogP contribution in [0.5, 0.6) is 5.75 Å². The molecular weight excluding hydrogens is 392 g/mol. The van der Waals surface area contributed by atoms with Gasteiger partial charge in [-0.2, -0.15) is 5.10 Å². The van der Waals surface area contributed by atoms with E-state index in [1.165, 1.54) is 6.33 Å². The van der Waals surface area contributed by atoms with E-state index in [-0.39, 0.29) is 0 Å². The summed E-state index contributed by atoms with van der Waals surface area (Å²) in [5.41, 5.74) is 4.31. The molecule has 0 atom stereocenters. The second-order valence-electron chi connectivity index (χ2n) is 7.01. The Hall–Kier alpha value is -3.39. The fourth-order valence-electron chi connectivity index (χ4n) is 2.96. The van der Waals surface area contributed by atoms with Crippen LogP contribution in [-0.4, -0.2) is 47.6 Å². The molecular formula is C23H30N6O2. The van der Waals surface area contributed by atoms with Crippen LogP contribution >= 0.6 is 0 Å². The van der Waals surface area contributed by atoms with Crippen LogP contribution in [0.25, 0.3) is 5.69 Å². The first kappa shape index (κ1) is 22.3. The fraction of sp³-hybridized carbons (Fsp3) is 0.348. The van der Waals surface area contributed by atoms with E-state index >= 15 is 0 Å². The Morgan fingerprint density at radius 2 is 1.94 bits per heavy atom. The quantitative estimate of drug-likeness (QED) is 0.297. The molecule has 0 unspecified atom stereocenters. The summed E-state index contributed by atoms with van der Waals surface area (Å²) < 4.78 is 12.7. The second-order valence-corrected chi connectivity index (χ2v) is 7.01. The number of nitrogens with one attached hydrogen (secondary N) is 2. The van der Waals surface area contributed by atoms with E-state index in [4.69, 9.17) is 14.5 Å². The van der Waals surface area contributed by atoms with Crippen molar-refractivity contribution in [1.29, 1.82) is 0 Å². The predicted molar refractivity (Wildman–Crippen MR) is 122 cm³/mol. The number of aliphatic imine (C=N–C) groups is 1. The third-order valence-corrected chi connectivity index (χ3v) is 4.60. The lowest BCUT2D eigenvalue weighted by atomic mass is 10.1. The molecule has 0 fully saturated rings. The summed E-state index contributed by atoms with van der Waals surface area (Å²) in [6.07, 6.45) is 3.20. The van der Waals surface area contributed by atoms with Crippen LogP contribution in [0, 0.1) is 6.92 Å². The minimum atomic E-state index is 0.520. The minimum absolute atomic E-state index is 0.520. The SMILES string of the molecule is CCNC(=NCc1ccc(-n2cncn2)cc1)NCc1ccc(C)cc1OCCOC. The Labute approximate surface area is 183 Å². The highest BCUT2D eigenvalue weighted by atomic mass is 16.5. The van der Waals surface area contributed by atoms with Gasteiger partial charge in [-0.1, -0.05) is 24.3 Å². The lowest BCUT2D eigenvalue weighted by Gasteiger charge is -2.15. The van der Waals surface area contributed by atoms with Crippen molar-refractivity contribution in [3.05, 3.63) is 71.8 Å². The number of rotatable bonds is 10. The van der Waals surface area contributed by atoms with E-state index < -0.39 is 0 Å². The summed E-state index contributed by atoms with van der Waals surface area (Å²) >= 11 is 0. The normalized spacial score (nSPS) is 11.4. The number of aromatic nitrogens is 3. The van der Waals surface area contributed by atoms with Crippen LogP contribution < -0.4 is 15.4 Å². The standard InChI is InChI=1S/C23H30N6O2/c1-4-25-23(26-14-19-6-9-21(10-7-19)29-17-24-16-28-29)27-15-20-8-5-18(2)13-22(20)31-12-11-30-3/h5-10,13,16-17H,4,11-12,14-15H2,1-3H3,(H2,25,26,27). The Morgan fingerprint density at radius 1 is 1.10 bits per heavy atom. The van der Waals surface area contributed by atoms with Gasteiger partial charge in [-0.25, -0.2) is 14.7 Å². The zero-order chi connectivity index (χ0) is 21.9. The average molecular weight is 423 g/mol. The molecule has 2 aromatic carbocycles. The van der Waals surface area contributed by atoms with Crippen LogP contribution in [0.3, 0.4) is 0 Å². The number of guanidine groups is 1. The first-order valence-electron chi connectivity index (χ1n) is 10.4. The number of hydrogen-bond donors (Lipinski definition) is 2. The minimum Gasteiger partial charge on any atom is -0.491 e. The smallest absolute Gasteiger partial charge is 0.191 e. The van der Waals surface area contributed by atoms with E-state index in [1.807, 2.05) is 30.3 Å². The van der Waals surface area contributed by atoms with E-state index in [9.17, 15) is 0 Å². The molecule has 164 valence electrons. The highest BCUT2D eigenvalue weighted by molar-refractivity contribution is 5.79. The average Bonchev–Trinajstić information content (AvgIpc) is 3.32. The molecule has 0 aliphatic carbocycles. The molecule has 0 aliphatic rings. The Bertz CT molecular complexity index is 955. The monoisotopic (exact) mass is 422 g/mol. The Morgan fingerprint density at radius 3 is 2.65 bits per heavy atom. The Kier molecular flexibility index (Phi) is 8.42. The van der Waals surface area contributed by atoms with Crippen molar-refractivity contribution in [3.63, 3.8) is 0 Å². The molecule has 0 radical (unpaired) electrons. The maximum atomic E-state index is 5.88. The Balaban J connectivity index is 1.62. The largest absolute Gasteiger partial charge is 0.491 e. The molecule has 3 rings (SSSR count). The first-order chi connectivity index (χ1) is 15.2. The second kappa shape index (κ2) is 11.7. The van der Waals surface area contributed by atoms with E-state index in [1.54, 1.807) is 18.1 Å². The van der Waals surface area contributed by atoms with E-state index in [2.05, 4.69) is 46.7 Å². The van der Waals surface area contributed by atoms with Gasteiger partial charge in [0.25, 0.3) is 0 Å². The number of ether oxygens (including phenoxy) is 2. The summed E-state index contributed by atoms with van der Waals surface area (Å²) in [6.45, 7) is 7.14. The van der Waals surface area contributed by atoms with Crippen LogP contribution in [0.1, 0.15) is 23.6 Å². The molecule has 0 aliphatic heterocycles. The molecule has 0 saturated carbocycles. The maximum Gasteiger partial charge on any atom is 0.191 e. The third-order valence-electron chi connectivity index (χ3n) is 4.60. The highest BCUT2D eigenvalue weighted by Gasteiger charge is 2.06. The summed E-state index contributed by atoms with van der Waals surface area (Å²) in [5, 5.41) is 10.8. The topological polar surface area (TPSA) is 85.6 Å². The van der Waals surface area contributed by atoms with Crippen molar-refractivity contribution >= 4 is 5.96 Å². The molecule has 8 nitrogen and oxygen atoms in total. The number of aryl methyl sites for hydroxylation is 1. The molecule has 2 N–H and O–H groups in total. The van der Waals surface area contributed by atoms with Gasteiger partial charge in [0.1, 0.15) is 25.0 Å². The molecule has 8 heteroatoms. The third kappa shape index (κ3) is 6.82. The van der Waals surface area contributed by atoms with Crippen molar-refractivity contribution in [3.8, 4) is 11.4 Å². The van der Waals surface area contributed by atoms with Gasteiger partial charge in [0.15, 0.2) is 5.96 Å². The van der Waals surface area contributed by atoms with Crippen LogP contribution in [-0.2, 0) is 17.8 Å². The van der Waals surface area contributed by atoms with Crippen LogP contribution in [0.2, 0.25) is 0 Å². The van der Waals surface area contributed by atoms with Gasteiger partial charge in [0.2, 0.25) is 0 Å². The van der Waals surface area contributed by atoms with Gasteiger partial charge in [0, 0.05) is 25.8 Å².